The van der Waals surface area contributed by atoms with Gasteiger partial charge in [-0.05, 0) is 18.2 Å². The summed E-state index contributed by atoms with van der Waals surface area (Å²) in [4.78, 5) is 3.83. The summed E-state index contributed by atoms with van der Waals surface area (Å²) in [6.45, 7) is 0.944. The Balaban J connectivity index is 1.89. The minimum atomic E-state index is -3.38. The van der Waals surface area contributed by atoms with Gasteiger partial charge in [-0.1, -0.05) is 29.4 Å². The van der Waals surface area contributed by atoms with E-state index in [4.69, 9.17) is 4.52 Å². The molecule has 2 N–H and O–H groups in total. The second kappa shape index (κ2) is 7.30. The number of hydrogen-bond acceptors (Lipinski definition) is 6. The van der Waals surface area contributed by atoms with Crippen LogP contribution in [0.2, 0.25) is 0 Å². The van der Waals surface area contributed by atoms with E-state index in [-0.39, 0.29) is 12.3 Å². The van der Waals surface area contributed by atoms with Crippen molar-refractivity contribution >= 4 is 10.0 Å². The van der Waals surface area contributed by atoms with Gasteiger partial charge in [0.2, 0.25) is 15.9 Å². The van der Waals surface area contributed by atoms with Crippen LogP contribution in [-0.4, -0.2) is 32.2 Å². The molecule has 0 saturated carbocycles. The van der Waals surface area contributed by atoms with Crippen molar-refractivity contribution < 1.29 is 12.9 Å². The molecule has 0 fully saturated rings. The summed E-state index contributed by atoms with van der Waals surface area (Å²) in [5.41, 5.74) is 1.81. The van der Waals surface area contributed by atoms with E-state index in [1.807, 2.05) is 25.2 Å². The average molecular weight is 310 g/mol. The van der Waals surface area contributed by atoms with E-state index in [1.54, 1.807) is 6.07 Å². The van der Waals surface area contributed by atoms with Crippen LogP contribution in [-0.2, 0) is 28.7 Å². The van der Waals surface area contributed by atoms with Crippen molar-refractivity contribution in [3.05, 3.63) is 47.6 Å². The lowest BCUT2D eigenvalue weighted by Crippen LogP contribution is -2.27. The molecule has 2 aromatic rings. The van der Waals surface area contributed by atoms with Gasteiger partial charge in [-0.2, -0.15) is 4.98 Å². The SMILES string of the molecule is CNCc1cccc(CS(=O)(=O)NCCc2ncno2)c1. The normalized spacial score (nSPS) is 11.7. The Hall–Kier alpha value is -1.77. The maximum Gasteiger partial charge on any atom is 0.227 e. The molecule has 0 atom stereocenters. The third-order valence-electron chi connectivity index (χ3n) is 2.80. The predicted octanol–water partition coefficient (Wildman–Crippen LogP) is 0.451. The van der Waals surface area contributed by atoms with E-state index in [0.29, 0.717) is 18.9 Å². The molecule has 1 heterocycles. The zero-order valence-electron chi connectivity index (χ0n) is 11.7. The van der Waals surface area contributed by atoms with Crippen molar-refractivity contribution in [1.82, 2.24) is 20.2 Å². The van der Waals surface area contributed by atoms with Crippen LogP contribution in [0.5, 0.6) is 0 Å². The van der Waals surface area contributed by atoms with Crippen LogP contribution in [0, 0.1) is 0 Å². The highest BCUT2D eigenvalue weighted by Gasteiger charge is 2.12. The molecule has 0 radical (unpaired) electrons. The molecule has 1 aromatic heterocycles. The van der Waals surface area contributed by atoms with Gasteiger partial charge in [-0.15, -0.1) is 0 Å². The molecule has 8 heteroatoms. The molecule has 114 valence electrons. The summed E-state index contributed by atoms with van der Waals surface area (Å²) in [7, 11) is -1.53. The molecule has 21 heavy (non-hydrogen) atoms. The molecular weight excluding hydrogens is 292 g/mol. The van der Waals surface area contributed by atoms with Crippen molar-refractivity contribution in [2.24, 2.45) is 0 Å². The van der Waals surface area contributed by atoms with E-state index in [0.717, 1.165) is 11.1 Å². The highest BCUT2D eigenvalue weighted by atomic mass is 32.2. The van der Waals surface area contributed by atoms with Gasteiger partial charge in [-0.3, -0.25) is 0 Å². The van der Waals surface area contributed by atoms with Crippen LogP contribution in [0.25, 0.3) is 0 Å². The topological polar surface area (TPSA) is 97.1 Å². The molecule has 0 bridgehead atoms. The first-order chi connectivity index (χ1) is 10.1. The zero-order chi connectivity index (χ0) is 15.1. The maximum absolute atomic E-state index is 12.0. The van der Waals surface area contributed by atoms with Gasteiger partial charge in [0, 0.05) is 19.5 Å². The standard InChI is InChI=1S/C13H18N4O3S/c1-14-8-11-3-2-4-12(7-11)9-21(18,19)17-6-5-13-15-10-16-20-13/h2-4,7,10,14,17H,5-6,8-9H2,1H3. The fraction of sp³-hybridized carbons (Fsp3) is 0.385. The molecule has 7 nitrogen and oxygen atoms in total. The number of rotatable bonds is 8. The first-order valence-corrected chi connectivity index (χ1v) is 8.19. The molecule has 0 spiro atoms. The van der Waals surface area contributed by atoms with Crippen LogP contribution in [0.4, 0.5) is 0 Å². The number of hydrogen-bond donors (Lipinski definition) is 2. The molecule has 0 aliphatic rings. The van der Waals surface area contributed by atoms with Gasteiger partial charge in [0.1, 0.15) is 0 Å². The van der Waals surface area contributed by atoms with E-state index in [1.165, 1.54) is 6.33 Å². The Kier molecular flexibility index (Phi) is 5.43. The molecule has 0 aliphatic carbocycles. The van der Waals surface area contributed by atoms with Gasteiger partial charge in [0.25, 0.3) is 0 Å². The smallest absolute Gasteiger partial charge is 0.227 e. The highest BCUT2D eigenvalue weighted by molar-refractivity contribution is 7.88. The minimum Gasteiger partial charge on any atom is -0.340 e. The Morgan fingerprint density at radius 1 is 1.29 bits per heavy atom. The van der Waals surface area contributed by atoms with E-state index < -0.39 is 10.0 Å². The molecular formula is C13H18N4O3S. The van der Waals surface area contributed by atoms with Crippen LogP contribution >= 0.6 is 0 Å². The van der Waals surface area contributed by atoms with Crippen molar-refractivity contribution in [1.29, 1.82) is 0 Å². The molecule has 0 aliphatic heterocycles. The van der Waals surface area contributed by atoms with Crippen molar-refractivity contribution in [2.75, 3.05) is 13.6 Å². The Morgan fingerprint density at radius 2 is 2.10 bits per heavy atom. The third-order valence-corrected chi connectivity index (χ3v) is 4.15. The monoisotopic (exact) mass is 310 g/mol. The van der Waals surface area contributed by atoms with Crippen molar-refractivity contribution in [2.45, 2.75) is 18.7 Å². The van der Waals surface area contributed by atoms with Gasteiger partial charge >= 0.3 is 0 Å². The lowest BCUT2D eigenvalue weighted by atomic mass is 10.1. The van der Waals surface area contributed by atoms with Gasteiger partial charge < -0.3 is 9.84 Å². The fourth-order valence-corrected chi connectivity index (χ4v) is 3.06. The summed E-state index contributed by atoms with van der Waals surface area (Å²) in [6.07, 6.45) is 1.66. The number of benzene rings is 1. The first kappa shape index (κ1) is 15.6. The molecule has 2 rings (SSSR count). The van der Waals surface area contributed by atoms with Gasteiger partial charge in [0.05, 0.1) is 5.75 Å². The zero-order valence-corrected chi connectivity index (χ0v) is 12.6. The lowest BCUT2D eigenvalue weighted by molar-refractivity contribution is 0.377. The number of nitrogens with zero attached hydrogens (tertiary/aromatic N) is 2. The van der Waals surface area contributed by atoms with E-state index >= 15 is 0 Å². The largest absolute Gasteiger partial charge is 0.340 e. The molecule has 0 saturated heterocycles. The second-order valence-corrected chi connectivity index (χ2v) is 6.40. The van der Waals surface area contributed by atoms with Crippen LogP contribution < -0.4 is 10.0 Å². The van der Waals surface area contributed by atoms with Crippen LogP contribution in [0.1, 0.15) is 17.0 Å². The molecule has 0 unspecified atom stereocenters. The van der Waals surface area contributed by atoms with Crippen molar-refractivity contribution in [3.63, 3.8) is 0 Å². The maximum atomic E-state index is 12.0. The van der Waals surface area contributed by atoms with Gasteiger partial charge in [0.15, 0.2) is 6.33 Å². The van der Waals surface area contributed by atoms with Crippen LogP contribution in [0.15, 0.2) is 35.1 Å². The van der Waals surface area contributed by atoms with Crippen molar-refractivity contribution in [3.8, 4) is 0 Å². The second-order valence-electron chi connectivity index (χ2n) is 4.59. The molecule has 1 aromatic carbocycles. The summed E-state index contributed by atoms with van der Waals surface area (Å²) >= 11 is 0. The summed E-state index contributed by atoms with van der Waals surface area (Å²) in [5.74, 6) is 0.364. The average Bonchev–Trinajstić information content (AvgIpc) is 2.92. The Labute approximate surface area is 123 Å². The summed E-state index contributed by atoms with van der Waals surface area (Å²) in [6, 6.07) is 7.50. The predicted molar refractivity (Wildman–Crippen MR) is 77.8 cm³/mol. The Morgan fingerprint density at radius 3 is 2.81 bits per heavy atom. The third kappa shape index (κ3) is 5.25. The van der Waals surface area contributed by atoms with Crippen LogP contribution in [0.3, 0.4) is 0 Å². The summed E-state index contributed by atoms with van der Waals surface area (Å²) < 4.78 is 31.3. The first-order valence-electron chi connectivity index (χ1n) is 6.54. The number of aromatic nitrogens is 2. The highest BCUT2D eigenvalue weighted by Crippen LogP contribution is 2.08. The summed E-state index contributed by atoms with van der Waals surface area (Å²) in [5, 5.41) is 6.50. The van der Waals surface area contributed by atoms with E-state index in [9.17, 15) is 8.42 Å². The minimum absolute atomic E-state index is 0.0472. The lowest BCUT2D eigenvalue weighted by Gasteiger charge is -2.07. The van der Waals surface area contributed by atoms with Gasteiger partial charge in [-0.25, -0.2) is 13.1 Å². The Bertz CT molecular complexity index is 656. The number of sulfonamides is 1. The van der Waals surface area contributed by atoms with E-state index in [2.05, 4.69) is 20.2 Å². The molecule has 0 amide bonds. The fourth-order valence-electron chi connectivity index (χ4n) is 1.92. The number of nitrogens with one attached hydrogen (secondary N) is 2. The quantitative estimate of drug-likeness (QED) is 0.735.